The quantitative estimate of drug-likeness (QED) is 0.465. The molecule has 0 N–H and O–H groups in total. The van der Waals surface area contributed by atoms with Crippen LogP contribution in [-0.4, -0.2) is 4.92 Å². The van der Waals surface area contributed by atoms with Gasteiger partial charge in [-0.1, -0.05) is 41.6 Å². The molecule has 0 bridgehead atoms. The Morgan fingerprint density at radius 1 is 1.11 bits per heavy atom. The van der Waals surface area contributed by atoms with Crippen molar-refractivity contribution >= 4 is 29.1 Å². The highest BCUT2D eigenvalue weighted by Crippen LogP contribution is 2.26. The van der Waals surface area contributed by atoms with Crippen LogP contribution in [0.3, 0.4) is 0 Å². The van der Waals surface area contributed by atoms with Crippen molar-refractivity contribution < 1.29 is 4.92 Å². The molecule has 0 heterocycles. The van der Waals surface area contributed by atoms with E-state index in [1.165, 1.54) is 11.8 Å². The molecule has 0 aliphatic carbocycles. The van der Waals surface area contributed by atoms with E-state index in [1.54, 1.807) is 41.8 Å². The molecule has 0 aromatic heterocycles. The number of nitro groups is 1. The van der Waals surface area contributed by atoms with Crippen molar-refractivity contribution in [3.05, 3.63) is 80.7 Å². The van der Waals surface area contributed by atoms with E-state index < -0.39 is 0 Å². The van der Waals surface area contributed by atoms with Crippen molar-refractivity contribution in [2.45, 2.75) is 4.90 Å². The maximum Gasteiger partial charge on any atom is 0.283 e. The fourth-order valence-electron chi connectivity index (χ4n) is 1.46. The highest BCUT2D eigenvalue weighted by atomic mass is 35.5. The third-order valence-corrected chi connectivity index (χ3v) is 3.52. The predicted octanol–water partition coefficient (Wildman–Crippen LogP) is 4.71. The van der Waals surface area contributed by atoms with Crippen molar-refractivity contribution in [3.8, 4) is 0 Å². The molecule has 0 unspecified atom stereocenters. The lowest BCUT2D eigenvalue weighted by Gasteiger charge is -1.99. The summed E-state index contributed by atoms with van der Waals surface area (Å²) in [6.45, 7) is 0. The third kappa shape index (κ3) is 3.84. The van der Waals surface area contributed by atoms with Crippen LogP contribution in [0.5, 0.6) is 0 Å². The van der Waals surface area contributed by atoms with Crippen molar-refractivity contribution in [1.82, 2.24) is 0 Å². The second-order valence-corrected chi connectivity index (χ2v) is 5.08. The minimum absolute atomic E-state index is 0.0838. The molecule has 0 spiro atoms. The first-order valence-corrected chi connectivity index (χ1v) is 6.75. The molecule has 2 aromatic rings. The minimum Gasteiger partial charge on any atom is -0.258 e. The Balaban J connectivity index is 2.23. The molecule has 0 aliphatic heterocycles. The summed E-state index contributed by atoms with van der Waals surface area (Å²) in [5.41, 5.74) is 0.675. The molecule has 0 fully saturated rings. The molecule has 2 rings (SSSR count). The number of halogens is 1. The topological polar surface area (TPSA) is 43.1 Å². The summed E-state index contributed by atoms with van der Waals surface area (Å²) in [6.07, 6.45) is 0. The smallest absolute Gasteiger partial charge is 0.258 e. The average Bonchev–Trinajstić information content (AvgIpc) is 2.42. The van der Waals surface area contributed by atoms with E-state index in [0.29, 0.717) is 10.6 Å². The lowest BCUT2D eigenvalue weighted by Crippen LogP contribution is -1.96. The number of hydrogen-bond acceptors (Lipinski definition) is 3. The number of rotatable bonds is 4. The summed E-state index contributed by atoms with van der Waals surface area (Å²) >= 11 is 7.09. The SMILES string of the molecule is O=[N+]([O-])/C(=C/Sc1ccc(Cl)cc1)c1ccccc1. The van der Waals surface area contributed by atoms with Crippen LogP contribution < -0.4 is 0 Å². The number of nitrogens with zero attached hydrogens (tertiary/aromatic N) is 1. The Morgan fingerprint density at radius 3 is 2.32 bits per heavy atom. The van der Waals surface area contributed by atoms with Crippen LogP contribution in [0.15, 0.2) is 64.9 Å². The maximum atomic E-state index is 11.1. The minimum atomic E-state index is -0.377. The van der Waals surface area contributed by atoms with Gasteiger partial charge in [-0.25, -0.2) is 0 Å². The zero-order chi connectivity index (χ0) is 13.7. The summed E-state index contributed by atoms with van der Waals surface area (Å²) in [6, 6.07) is 16.0. The molecule has 19 heavy (non-hydrogen) atoms. The lowest BCUT2D eigenvalue weighted by atomic mass is 10.2. The van der Waals surface area contributed by atoms with E-state index >= 15 is 0 Å². The van der Waals surface area contributed by atoms with Crippen LogP contribution in [0.4, 0.5) is 0 Å². The molecule has 0 saturated carbocycles. The van der Waals surface area contributed by atoms with E-state index in [0.717, 1.165) is 4.90 Å². The lowest BCUT2D eigenvalue weighted by molar-refractivity contribution is -0.375. The Morgan fingerprint density at radius 2 is 1.74 bits per heavy atom. The fourth-order valence-corrected chi connectivity index (χ4v) is 2.35. The van der Waals surface area contributed by atoms with E-state index in [1.807, 2.05) is 18.2 Å². The Kier molecular flexibility index (Phi) is 4.60. The molecule has 2 aromatic carbocycles. The Bertz CT molecular complexity index is 597. The van der Waals surface area contributed by atoms with Crippen LogP contribution in [0.2, 0.25) is 5.02 Å². The van der Waals surface area contributed by atoms with Crippen LogP contribution in [0.1, 0.15) is 5.56 Å². The standard InChI is InChI=1S/C14H10ClNO2S/c15-12-6-8-13(9-7-12)19-10-14(16(17)18)11-4-2-1-3-5-11/h1-10H/b14-10+. The fraction of sp³-hybridized carbons (Fsp3) is 0. The molecular formula is C14H10ClNO2S. The molecule has 3 nitrogen and oxygen atoms in total. The van der Waals surface area contributed by atoms with Crippen molar-refractivity contribution in [1.29, 1.82) is 0 Å². The van der Waals surface area contributed by atoms with Crippen LogP contribution in [0.25, 0.3) is 5.70 Å². The van der Waals surface area contributed by atoms with Gasteiger partial charge in [-0.15, -0.1) is 0 Å². The zero-order valence-corrected chi connectivity index (χ0v) is 11.4. The van der Waals surface area contributed by atoms with Gasteiger partial charge >= 0.3 is 0 Å². The van der Waals surface area contributed by atoms with E-state index in [-0.39, 0.29) is 10.6 Å². The monoisotopic (exact) mass is 291 g/mol. The van der Waals surface area contributed by atoms with Gasteiger partial charge in [0.1, 0.15) is 0 Å². The van der Waals surface area contributed by atoms with Gasteiger partial charge in [-0.05, 0) is 36.4 Å². The van der Waals surface area contributed by atoms with Crippen molar-refractivity contribution in [2.75, 3.05) is 0 Å². The Labute approximate surface area is 120 Å². The average molecular weight is 292 g/mol. The summed E-state index contributed by atoms with van der Waals surface area (Å²) in [5, 5.41) is 13.3. The van der Waals surface area contributed by atoms with E-state index in [9.17, 15) is 10.1 Å². The summed E-state index contributed by atoms with van der Waals surface area (Å²) in [4.78, 5) is 11.6. The first-order valence-electron chi connectivity index (χ1n) is 5.49. The number of thioether (sulfide) groups is 1. The van der Waals surface area contributed by atoms with E-state index in [4.69, 9.17) is 11.6 Å². The molecule has 0 aliphatic rings. The summed E-state index contributed by atoms with van der Waals surface area (Å²) in [5.74, 6) is 0. The molecule has 0 amide bonds. The molecule has 96 valence electrons. The van der Waals surface area contributed by atoms with Gasteiger partial charge in [0.05, 0.1) is 15.9 Å². The van der Waals surface area contributed by atoms with Gasteiger partial charge in [0, 0.05) is 9.92 Å². The molecule has 0 atom stereocenters. The van der Waals surface area contributed by atoms with Gasteiger partial charge < -0.3 is 0 Å². The zero-order valence-electron chi connectivity index (χ0n) is 9.82. The van der Waals surface area contributed by atoms with Crippen molar-refractivity contribution in [3.63, 3.8) is 0 Å². The Hall–Kier alpha value is -1.78. The second kappa shape index (κ2) is 6.41. The van der Waals surface area contributed by atoms with Gasteiger partial charge in [-0.3, -0.25) is 10.1 Å². The van der Waals surface area contributed by atoms with Gasteiger partial charge in [0.25, 0.3) is 5.70 Å². The molecule has 0 saturated heterocycles. The van der Waals surface area contributed by atoms with Gasteiger partial charge in [-0.2, -0.15) is 0 Å². The number of benzene rings is 2. The normalized spacial score (nSPS) is 11.3. The maximum absolute atomic E-state index is 11.1. The highest BCUT2D eigenvalue weighted by molar-refractivity contribution is 8.02. The van der Waals surface area contributed by atoms with Crippen molar-refractivity contribution in [2.24, 2.45) is 0 Å². The summed E-state index contributed by atoms with van der Waals surface area (Å²) in [7, 11) is 0. The van der Waals surface area contributed by atoms with Gasteiger partial charge in [0.15, 0.2) is 0 Å². The molecule has 0 radical (unpaired) electrons. The number of hydrogen-bond donors (Lipinski definition) is 0. The first kappa shape index (κ1) is 13.6. The van der Waals surface area contributed by atoms with E-state index in [2.05, 4.69) is 0 Å². The second-order valence-electron chi connectivity index (χ2n) is 3.70. The van der Waals surface area contributed by atoms with Crippen LogP contribution >= 0.6 is 23.4 Å². The summed E-state index contributed by atoms with van der Waals surface area (Å²) < 4.78 is 0. The van der Waals surface area contributed by atoms with Gasteiger partial charge in [0.2, 0.25) is 0 Å². The van der Waals surface area contributed by atoms with Crippen LogP contribution in [-0.2, 0) is 0 Å². The predicted molar refractivity (Wildman–Crippen MR) is 78.7 cm³/mol. The first-order chi connectivity index (χ1) is 9.16. The highest BCUT2D eigenvalue weighted by Gasteiger charge is 2.13. The third-order valence-electron chi connectivity index (χ3n) is 2.39. The largest absolute Gasteiger partial charge is 0.283 e. The molecule has 5 heteroatoms. The van der Waals surface area contributed by atoms with Crippen LogP contribution in [0, 0.1) is 10.1 Å². The molecular weight excluding hydrogens is 282 g/mol.